The van der Waals surface area contributed by atoms with Crippen LogP contribution in [0.4, 0.5) is 17.8 Å². The smallest absolute Gasteiger partial charge is 0.271 e. The van der Waals surface area contributed by atoms with E-state index >= 15 is 0 Å². The van der Waals surface area contributed by atoms with Gasteiger partial charge in [-0.15, -0.1) is 0 Å². The van der Waals surface area contributed by atoms with E-state index in [1.54, 1.807) is 0 Å². The summed E-state index contributed by atoms with van der Waals surface area (Å²) in [5, 5.41) is 8.21. The summed E-state index contributed by atoms with van der Waals surface area (Å²) in [5.74, 6) is 0.125. The molecular weight excluding hydrogens is 212 g/mol. The molecular formula is C3H10N8O2S. The molecule has 1 aromatic heterocycles. The van der Waals surface area contributed by atoms with Crippen LogP contribution < -0.4 is 27.5 Å². The van der Waals surface area contributed by atoms with Gasteiger partial charge >= 0.3 is 0 Å². The maximum Gasteiger partial charge on any atom is 0.271 e. The zero-order valence-electron chi connectivity index (χ0n) is 6.95. The SMILES string of the molecule is NS(N)(=O)=O.Nc1nc(N)nc(N)n1. The molecule has 0 amide bonds. The molecule has 10 nitrogen and oxygen atoms in total. The van der Waals surface area contributed by atoms with Gasteiger partial charge in [0.1, 0.15) is 0 Å². The van der Waals surface area contributed by atoms with Gasteiger partial charge in [0.05, 0.1) is 0 Å². The molecule has 0 aliphatic heterocycles. The van der Waals surface area contributed by atoms with Crippen molar-refractivity contribution < 1.29 is 8.42 Å². The highest BCUT2D eigenvalue weighted by molar-refractivity contribution is 7.86. The fraction of sp³-hybridized carbons (Fsp3) is 0. The zero-order valence-corrected chi connectivity index (χ0v) is 7.77. The van der Waals surface area contributed by atoms with Gasteiger partial charge in [-0.05, 0) is 0 Å². The zero-order chi connectivity index (χ0) is 11.4. The van der Waals surface area contributed by atoms with Gasteiger partial charge in [0.25, 0.3) is 10.2 Å². The molecule has 0 aliphatic rings. The Morgan fingerprint density at radius 1 is 0.786 bits per heavy atom. The van der Waals surface area contributed by atoms with E-state index in [0.717, 1.165) is 0 Å². The average Bonchev–Trinajstić information content (AvgIpc) is 1.77. The van der Waals surface area contributed by atoms with Gasteiger partial charge in [0.15, 0.2) is 0 Å². The molecule has 0 aromatic carbocycles. The van der Waals surface area contributed by atoms with E-state index in [2.05, 4.69) is 25.2 Å². The lowest BCUT2D eigenvalue weighted by atomic mass is 10.9. The second-order valence-corrected chi connectivity index (χ2v) is 3.18. The minimum atomic E-state index is -3.67. The Labute approximate surface area is 79.7 Å². The molecule has 10 N–H and O–H groups in total. The maximum atomic E-state index is 9.19. The minimum Gasteiger partial charge on any atom is -0.368 e. The van der Waals surface area contributed by atoms with Crippen molar-refractivity contribution in [2.75, 3.05) is 17.2 Å². The third-order valence-electron chi connectivity index (χ3n) is 0.687. The van der Waals surface area contributed by atoms with Crippen LogP contribution in [-0.2, 0) is 10.2 Å². The van der Waals surface area contributed by atoms with Crippen molar-refractivity contribution in [3.8, 4) is 0 Å². The molecule has 0 fully saturated rings. The molecule has 1 heterocycles. The van der Waals surface area contributed by atoms with E-state index < -0.39 is 10.2 Å². The first-order chi connectivity index (χ1) is 6.18. The summed E-state index contributed by atoms with van der Waals surface area (Å²) in [6.45, 7) is 0. The molecule has 11 heteroatoms. The lowest BCUT2D eigenvalue weighted by Crippen LogP contribution is -2.21. The molecule has 1 aromatic rings. The molecule has 1 rings (SSSR count). The van der Waals surface area contributed by atoms with Gasteiger partial charge in [-0.1, -0.05) is 0 Å². The van der Waals surface area contributed by atoms with E-state index in [1.165, 1.54) is 0 Å². The van der Waals surface area contributed by atoms with Crippen LogP contribution in [-0.4, -0.2) is 23.4 Å². The van der Waals surface area contributed by atoms with Crippen molar-refractivity contribution in [3.63, 3.8) is 0 Å². The van der Waals surface area contributed by atoms with E-state index in [0.29, 0.717) is 0 Å². The number of nitrogens with zero attached hydrogens (tertiary/aromatic N) is 3. The topological polar surface area (TPSA) is 203 Å². The van der Waals surface area contributed by atoms with Crippen LogP contribution in [0.1, 0.15) is 0 Å². The highest BCUT2D eigenvalue weighted by Crippen LogP contribution is 1.97. The lowest BCUT2D eigenvalue weighted by Gasteiger charge is -1.93. The van der Waals surface area contributed by atoms with E-state index in [1.807, 2.05) is 0 Å². The highest BCUT2D eigenvalue weighted by atomic mass is 32.2. The van der Waals surface area contributed by atoms with Crippen LogP contribution in [0.25, 0.3) is 0 Å². The van der Waals surface area contributed by atoms with Crippen LogP contribution in [0.2, 0.25) is 0 Å². The van der Waals surface area contributed by atoms with Gasteiger partial charge < -0.3 is 17.2 Å². The van der Waals surface area contributed by atoms with E-state index in [4.69, 9.17) is 17.2 Å². The predicted molar refractivity (Wildman–Crippen MR) is 50.4 cm³/mol. The Hall–Kier alpha value is -1.72. The normalized spacial score (nSPS) is 10.1. The first-order valence-electron chi connectivity index (χ1n) is 3.01. The van der Waals surface area contributed by atoms with Crippen molar-refractivity contribution in [3.05, 3.63) is 0 Å². The molecule has 0 spiro atoms. The second-order valence-electron chi connectivity index (χ2n) is 2.00. The third-order valence-corrected chi connectivity index (χ3v) is 0.687. The standard InChI is InChI=1S/C3H6N6.H4N2O2S/c4-1-7-2(5)9-3(6)8-1;1-5(2,3)4/h(H6,4,5,6,7,8,9);(H4,1,2,3,4). The van der Waals surface area contributed by atoms with E-state index in [9.17, 15) is 8.42 Å². The molecule has 0 unspecified atom stereocenters. The van der Waals surface area contributed by atoms with Gasteiger partial charge in [0.2, 0.25) is 17.8 Å². The fourth-order valence-electron chi connectivity index (χ4n) is 0.427. The molecule has 0 atom stereocenters. The number of hydrogen-bond acceptors (Lipinski definition) is 8. The maximum absolute atomic E-state index is 9.19. The average molecular weight is 222 g/mol. The van der Waals surface area contributed by atoms with Crippen LogP contribution in [0, 0.1) is 0 Å². The van der Waals surface area contributed by atoms with Crippen LogP contribution in [0.15, 0.2) is 0 Å². The van der Waals surface area contributed by atoms with Gasteiger partial charge in [-0.25, -0.2) is 10.3 Å². The van der Waals surface area contributed by atoms with Crippen molar-refractivity contribution in [1.82, 2.24) is 15.0 Å². The number of hydrogen-bond donors (Lipinski definition) is 5. The molecule has 0 radical (unpaired) electrons. The summed E-state index contributed by atoms with van der Waals surface area (Å²) in [6, 6.07) is 0. The van der Waals surface area contributed by atoms with E-state index in [-0.39, 0.29) is 17.8 Å². The Bertz CT molecular complexity index is 343. The molecule has 0 aliphatic carbocycles. The third kappa shape index (κ3) is 8.38. The van der Waals surface area contributed by atoms with Crippen molar-refractivity contribution in [2.24, 2.45) is 10.3 Å². The number of rotatable bonds is 0. The van der Waals surface area contributed by atoms with Crippen molar-refractivity contribution in [1.29, 1.82) is 0 Å². The predicted octanol–water partition coefficient (Wildman–Crippen LogP) is -3.23. The quantitative estimate of drug-likeness (QED) is 0.301. The summed E-state index contributed by atoms with van der Waals surface area (Å²) < 4.78 is 18.4. The molecule has 0 saturated carbocycles. The summed E-state index contributed by atoms with van der Waals surface area (Å²) >= 11 is 0. The van der Waals surface area contributed by atoms with Gasteiger partial charge in [-0.2, -0.15) is 23.4 Å². The minimum absolute atomic E-state index is 0.0417. The first kappa shape index (κ1) is 12.3. The molecule has 14 heavy (non-hydrogen) atoms. The number of nitrogens with two attached hydrogens (primary N) is 5. The first-order valence-corrected chi connectivity index (χ1v) is 4.62. The molecule has 0 bridgehead atoms. The Balaban J connectivity index is 0.000000292. The van der Waals surface area contributed by atoms with Crippen molar-refractivity contribution in [2.45, 2.75) is 0 Å². The van der Waals surface area contributed by atoms with Crippen LogP contribution in [0.5, 0.6) is 0 Å². The summed E-state index contributed by atoms with van der Waals surface area (Å²) in [7, 11) is -3.67. The Morgan fingerprint density at radius 3 is 1.07 bits per heavy atom. The monoisotopic (exact) mass is 222 g/mol. The number of nitrogen functional groups attached to an aromatic ring is 3. The number of aromatic nitrogens is 3. The molecule has 0 saturated heterocycles. The lowest BCUT2D eigenvalue weighted by molar-refractivity contribution is 0.599. The van der Waals surface area contributed by atoms with Gasteiger partial charge in [0, 0.05) is 0 Å². The highest BCUT2D eigenvalue weighted by Gasteiger charge is 1.93. The van der Waals surface area contributed by atoms with Crippen LogP contribution in [0.3, 0.4) is 0 Å². The Morgan fingerprint density at radius 2 is 0.929 bits per heavy atom. The summed E-state index contributed by atoms with van der Waals surface area (Å²) in [5.41, 5.74) is 15.4. The Kier molecular flexibility index (Phi) is 3.95. The number of anilines is 3. The fourth-order valence-corrected chi connectivity index (χ4v) is 0.427. The van der Waals surface area contributed by atoms with Crippen molar-refractivity contribution >= 4 is 28.1 Å². The van der Waals surface area contributed by atoms with Crippen LogP contribution >= 0.6 is 0 Å². The second kappa shape index (κ2) is 4.50. The summed E-state index contributed by atoms with van der Waals surface area (Å²) in [6.07, 6.45) is 0. The summed E-state index contributed by atoms with van der Waals surface area (Å²) in [4.78, 5) is 10.5. The molecule has 80 valence electrons. The van der Waals surface area contributed by atoms with Gasteiger partial charge in [-0.3, -0.25) is 0 Å². The largest absolute Gasteiger partial charge is 0.368 e.